The van der Waals surface area contributed by atoms with Crippen molar-refractivity contribution in [3.05, 3.63) is 200 Å². The van der Waals surface area contributed by atoms with Crippen LogP contribution in [0.15, 0.2) is 146 Å². The highest BCUT2D eigenvalue weighted by Crippen LogP contribution is 2.48. The molecule has 29 heteroatoms. The van der Waals surface area contributed by atoms with E-state index in [9.17, 15) is 60.0 Å². The van der Waals surface area contributed by atoms with Gasteiger partial charge in [-0.25, -0.2) is 9.59 Å². The largest absolute Gasteiger partial charge is 0.508 e. The topological polar surface area (TPSA) is 420 Å². The molecule has 8 atom stereocenters. The fourth-order valence-electron chi connectivity index (χ4n) is 11.2. The summed E-state index contributed by atoms with van der Waals surface area (Å²) in [7, 11) is 0. The van der Waals surface area contributed by atoms with Gasteiger partial charge < -0.3 is 97.0 Å². The summed E-state index contributed by atoms with van der Waals surface area (Å²) in [6.07, 6.45) is -3.69. The Morgan fingerprint density at radius 2 is 1.12 bits per heavy atom. The number of halogens is 2. The van der Waals surface area contributed by atoms with Crippen LogP contribution in [0.25, 0.3) is 11.1 Å². The Labute approximate surface area is 545 Å². The second kappa shape index (κ2) is 25.6. The number of nitrogens with one attached hydrogen (secondary N) is 7. The Balaban J connectivity index is 1.04. The quantitative estimate of drug-likeness (QED) is 0.0847. The van der Waals surface area contributed by atoms with E-state index in [0.29, 0.717) is 5.56 Å². The maximum absolute atomic E-state index is 15.8. The summed E-state index contributed by atoms with van der Waals surface area (Å²) in [5.41, 5.74) is -1.79. The van der Waals surface area contributed by atoms with E-state index in [4.69, 9.17) is 42.1 Å². The lowest BCUT2D eigenvalue weighted by Crippen LogP contribution is -2.55. The number of amides is 7. The zero-order chi connectivity index (χ0) is 67.3. The second-order valence-electron chi connectivity index (χ2n) is 22.3. The van der Waals surface area contributed by atoms with E-state index in [1.165, 1.54) is 48.5 Å². The molecular weight excluding hydrogens is 1280 g/mol. The number of carbonyl (C=O) groups is 8. The average Bonchev–Trinajstić information content (AvgIpc) is 0.773. The van der Waals surface area contributed by atoms with Gasteiger partial charge in [0.05, 0.1) is 10.0 Å². The molecule has 6 aliphatic rings. The van der Waals surface area contributed by atoms with Crippen LogP contribution in [0, 0.1) is 0 Å². The molecule has 0 radical (unpaired) electrons. The Bertz CT molecular complexity index is 4540. The standard InChI is InChI=1S/C66H51Cl2N7O20/c67-39-14-28-6-12-45(39)94-48-21-33-22-49(58(48)82)95-46-13-9-31(19-40(46)68)57(81)56-64(88)73-55(65(89)90)38-24-35(77)25-44(80)50(38)37-18-29(7-10-42(37)78)51(61(85)74-56)71-63(87)54(33)72-62(86)53-32-16-34(76)23-36(17-32)93-47-20-30(8-11-43(47)79)52(60(84)69-41(15-28)59(83)70-53)75-66(91)92-26-27-4-2-1-3-5-27/h1-14,16-25,41,51-57,76-82H,15,26H2,(H,69,84)(H,70,83)(H,71,87)(H,72,86)(H,73,88)(H,74,85)(H,75,91)(H,89,90)/t41-,51-,52-,53+,54-,55+,56+,57-/m1/s1. The molecule has 6 aliphatic heterocycles. The van der Waals surface area contributed by atoms with Gasteiger partial charge in [0.25, 0.3) is 0 Å². The molecule has 484 valence electrons. The molecular formula is C66H51Cl2N7O20. The zero-order valence-corrected chi connectivity index (χ0v) is 50.1. The number of alkyl carbamates (subject to hydrolysis) is 1. The Morgan fingerprint density at radius 1 is 0.516 bits per heavy atom. The molecule has 27 nitrogen and oxygen atoms in total. The molecule has 17 bridgehead atoms. The molecule has 0 aliphatic carbocycles. The minimum atomic E-state index is -2.22. The molecule has 15 N–H and O–H groups in total. The van der Waals surface area contributed by atoms with Crippen molar-refractivity contribution in [1.29, 1.82) is 0 Å². The molecule has 0 spiro atoms. The van der Waals surface area contributed by atoms with Crippen LogP contribution in [0.2, 0.25) is 10.0 Å². The first kappa shape index (κ1) is 63.2. The summed E-state index contributed by atoms with van der Waals surface area (Å²) in [6, 6.07) is 15.7. The van der Waals surface area contributed by atoms with Crippen molar-refractivity contribution >= 4 is 70.7 Å². The van der Waals surface area contributed by atoms with Crippen LogP contribution in [0.4, 0.5) is 4.79 Å². The fraction of sp³-hybridized carbons (Fsp3) is 0.152. The first-order valence-corrected chi connectivity index (χ1v) is 29.4. The highest BCUT2D eigenvalue weighted by molar-refractivity contribution is 6.32. The normalized spacial score (nSPS) is 20.8. The van der Waals surface area contributed by atoms with Gasteiger partial charge in [-0.1, -0.05) is 77.8 Å². The molecule has 14 rings (SSSR count). The van der Waals surface area contributed by atoms with Crippen LogP contribution in [0.5, 0.6) is 69.0 Å². The molecule has 0 unspecified atom stereocenters. The van der Waals surface area contributed by atoms with Gasteiger partial charge in [-0.05, 0) is 118 Å². The van der Waals surface area contributed by atoms with E-state index in [0.717, 1.165) is 66.7 Å². The minimum Gasteiger partial charge on any atom is -0.508 e. The van der Waals surface area contributed by atoms with Crippen molar-refractivity contribution in [1.82, 2.24) is 37.2 Å². The summed E-state index contributed by atoms with van der Waals surface area (Å²) in [5, 5.41) is 108. The first-order chi connectivity index (χ1) is 45.4. The smallest absolute Gasteiger partial charge is 0.408 e. The third kappa shape index (κ3) is 13.0. The summed E-state index contributed by atoms with van der Waals surface area (Å²) in [6.45, 7) is -0.238. The average molecular weight is 1330 g/mol. The molecule has 6 heterocycles. The number of phenols is 6. The van der Waals surface area contributed by atoms with Crippen LogP contribution in [-0.4, -0.2) is 100 Å². The first-order valence-electron chi connectivity index (χ1n) is 28.7. The monoisotopic (exact) mass is 1330 g/mol. The van der Waals surface area contributed by atoms with Gasteiger partial charge in [-0.15, -0.1) is 0 Å². The van der Waals surface area contributed by atoms with E-state index in [1.54, 1.807) is 30.3 Å². The molecule has 0 saturated heterocycles. The maximum Gasteiger partial charge on any atom is 0.408 e. The number of aromatic hydroxyl groups is 6. The highest BCUT2D eigenvalue weighted by Gasteiger charge is 2.42. The number of carboxylic acid groups (broad SMARTS) is 1. The molecule has 8 aromatic carbocycles. The number of aliphatic carboxylic acids is 1. The number of ether oxygens (including phenoxy) is 4. The third-order valence-corrected chi connectivity index (χ3v) is 16.5. The van der Waals surface area contributed by atoms with Gasteiger partial charge >= 0.3 is 12.1 Å². The van der Waals surface area contributed by atoms with Gasteiger partial charge in [-0.3, -0.25) is 28.8 Å². The number of benzene rings is 8. The van der Waals surface area contributed by atoms with Crippen molar-refractivity contribution in [3.8, 4) is 80.1 Å². The minimum absolute atomic E-state index is 0.0179. The lowest BCUT2D eigenvalue weighted by Gasteiger charge is -2.31. The molecule has 0 aromatic heterocycles. The summed E-state index contributed by atoms with van der Waals surface area (Å²) in [4.78, 5) is 118. The third-order valence-electron chi connectivity index (χ3n) is 15.9. The lowest BCUT2D eigenvalue weighted by atomic mass is 9.89. The molecule has 0 saturated carbocycles. The second-order valence-corrected chi connectivity index (χ2v) is 23.1. The zero-order valence-electron chi connectivity index (χ0n) is 48.6. The number of hydrogen-bond acceptors (Lipinski definition) is 19. The van der Waals surface area contributed by atoms with Crippen molar-refractivity contribution in [2.24, 2.45) is 0 Å². The predicted octanol–water partition coefficient (Wildman–Crippen LogP) is 6.95. The van der Waals surface area contributed by atoms with Crippen LogP contribution >= 0.6 is 23.2 Å². The Hall–Kier alpha value is -11.9. The van der Waals surface area contributed by atoms with Crippen molar-refractivity contribution in [2.45, 2.75) is 61.4 Å². The molecule has 95 heavy (non-hydrogen) atoms. The summed E-state index contributed by atoms with van der Waals surface area (Å²) in [5.74, 6) is -15.7. The summed E-state index contributed by atoms with van der Waals surface area (Å²) >= 11 is 13.8. The number of rotatable bonds is 4. The van der Waals surface area contributed by atoms with Crippen molar-refractivity contribution < 1.29 is 98.2 Å². The fourth-order valence-corrected chi connectivity index (χ4v) is 11.7. The van der Waals surface area contributed by atoms with E-state index in [2.05, 4.69) is 37.2 Å². The Morgan fingerprint density at radius 3 is 1.80 bits per heavy atom. The number of aliphatic hydroxyl groups excluding tert-OH is 1. The van der Waals surface area contributed by atoms with E-state index >= 15 is 19.2 Å². The predicted molar refractivity (Wildman–Crippen MR) is 331 cm³/mol. The summed E-state index contributed by atoms with van der Waals surface area (Å²) < 4.78 is 24.1. The highest BCUT2D eigenvalue weighted by atomic mass is 35.5. The number of phenolic OH excluding ortho intramolecular Hbond substituents is 6. The van der Waals surface area contributed by atoms with Crippen molar-refractivity contribution in [3.63, 3.8) is 0 Å². The van der Waals surface area contributed by atoms with E-state index in [1.807, 2.05) is 0 Å². The molecule has 0 fully saturated rings. The van der Waals surface area contributed by atoms with Crippen LogP contribution in [0.3, 0.4) is 0 Å². The lowest BCUT2D eigenvalue weighted by molar-refractivity contribution is -0.143. The van der Waals surface area contributed by atoms with Crippen molar-refractivity contribution in [2.75, 3.05) is 0 Å². The van der Waals surface area contributed by atoms with Gasteiger partial charge in [0, 0.05) is 35.2 Å². The molecule has 8 aromatic rings. The van der Waals surface area contributed by atoms with Gasteiger partial charge in [-0.2, -0.15) is 0 Å². The number of carbonyl (C=O) groups excluding carboxylic acids is 7. The number of fused-ring (bicyclic) bond motifs is 14. The van der Waals surface area contributed by atoms with Gasteiger partial charge in [0.1, 0.15) is 89.2 Å². The van der Waals surface area contributed by atoms with Crippen LogP contribution in [-0.2, 0) is 51.3 Å². The maximum atomic E-state index is 15.8. The number of hydrogen-bond donors (Lipinski definition) is 15. The Kier molecular flexibility index (Phi) is 17.1. The SMILES string of the molecule is O=C(N[C@H]1C(=O)N[C@@H]2Cc3ccc(c(Cl)c3)Oc3cc4cc(c3O)Oc3ccc(cc3Cl)[C@@H](O)[C@@H]3NC(=O)[C@H](NC(=O)[C@@H]4NC(=O)[C@@H](NC2=O)c2cc(O)cc(c2)Oc2cc1ccc2O)c1ccc(O)c(c1)-c1c(O)cc(O)cc1[C@@H](C(=O)O)NC3=O)OCc1ccccc1. The van der Waals surface area contributed by atoms with E-state index in [-0.39, 0.29) is 73.0 Å². The van der Waals surface area contributed by atoms with Gasteiger partial charge in [0.15, 0.2) is 29.0 Å². The number of carboxylic acids is 1. The van der Waals surface area contributed by atoms with Crippen LogP contribution in [0.1, 0.15) is 80.8 Å². The van der Waals surface area contributed by atoms with Crippen LogP contribution < -0.4 is 51.4 Å². The number of aliphatic hydroxyl groups is 1. The van der Waals surface area contributed by atoms with Gasteiger partial charge in [0.2, 0.25) is 41.2 Å². The molecule has 7 amide bonds. The van der Waals surface area contributed by atoms with E-state index < -0.39 is 165 Å².